The zero-order valence-electron chi connectivity index (χ0n) is 13.7. The summed E-state index contributed by atoms with van der Waals surface area (Å²) < 4.78 is 5.20. The molecule has 0 fully saturated rings. The second kappa shape index (κ2) is 9.11. The third kappa shape index (κ3) is 5.52. The average Bonchev–Trinajstić information content (AvgIpc) is 3.07. The average molecular weight is 450 g/mol. The van der Waals surface area contributed by atoms with Crippen LogP contribution in [0.25, 0.3) is 11.6 Å². The first-order chi connectivity index (χ1) is 11.7. The number of benzene rings is 1. The van der Waals surface area contributed by atoms with Gasteiger partial charge in [0.1, 0.15) is 5.69 Å². The Morgan fingerprint density at radius 3 is 2.72 bits per heavy atom. The van der Waals surface area contributed by atoms with Gasteiger partial charge in [-0.2, -0.15) is 4.98 Å². The van der Waals surface area contributed by atoms with Crippen LogP contribution in [0.2, 0.25) is 0 Å². The Morgan fingerprint density at radius 1 is 1.20 bits per heavy atom. The van der Waals surface area contributed by atoms with Crippen LogP contribution in [0.3, 0.4) is 0 Å². The van der Waals surface area contributed by atoms with Crippen molar-refractivity contribution in [1.29, 1.82) is 0 Å². The fraction of sp³-hybridized carbons (Fsp3) is 0.176. The molecular weight excluding hydrogens is 431 g/mol. The Bertz CT molecular complexity index is 817. The quantitative estimate of drug-likeness (QED) is 0.352. The monoisotopic (exact) mass is 450 g/mol. The highest BCUT2D eigenvalue weighted by molar-refractivity contribution is 14.0. The van der Waals surface area contributed by atoms with Gasteiger partial charge in [-0.3, -0.25) is 9.98 Å². The van der Waals surface area contributed by atoms with E-state index in [2.05, 4.69) is 25.4 Å². The molecule has 0 spiro atoms. The lowest BCUT2D eigenvalue weighted by atomic mass is 10.2. The molecule has 3 rings (SSSR count). The number of rotatable bonds is 5. The maximum absolute atomic E-state index is 5.87. The highest BCUT2D eigenvalue weighted by Crippen LogP contribution is 2.13. The zero-order valence-corrected chi connectivity index (χ0v) is 16.0. The van der Waals surface area contributed by atoms with Gasteiger partial charge in [-0.15, -0.1) is 24.0 Å². The number of hydrogen-bond acceptors (Lipinski definition) is 5. The molecule has 2 heterocycles. The summed E-state index contributed by atoms with van der Waals surface area (Å²) in [6.45, 7) is 2.50. The molecule has 1 aromatic carbocycles. The Balaban J connectivity index is 0.00000225. The lowest BCUT2D eigenvalue weighted by Crippen LogP contribution is -2.23. The molecule has 0 aliphatic carbocycles. The summed E-state index contributed by atoms with van der Waals surface area (Å²) >= 11 is 0. The van der Waals surface area contributed by atoms with Gasteiger partial charge < -0.3 is 15.6 Å². The van der Waals surface area contributed by atoms with Gasteiger partial charge >= 0.3 is 0 Å². The van der Waals surface area contributed by atoms with Crippen LogP contribution in [0.1, 0.15) is 11.4 Å². The van der Waals surface area contributed by atoms with Gasteiger partial charge in [-0.25, -0.2) is 0 Å². The van der Waals surface area contributed by atoms with Crippen LogP contribution in [0.5, 0.6) is 0 Å². The summed E-state index contributed by atoms with van der Waals surface area (Å²) in [5.74, 6) is 1.33. The SMILES string of the molecule is Cc1ccc(NC(N)=NCCc2noc(-c3ccccn3)n2)cc1.I. The number of nitrogens with two attached hydrogens (primary N) is 1. The van der Waals surface area contributed by atoms with Crippen molar-refractivity contribution in [2.24, 2.45) is 10.7 Å². The molecule has 2 aromatic heterocycles. The third-order valence-corrected chi connectivity index (χ3v) is 3.29. The van der Waals surface area contributed by atoms with Crippen LogP contribution >= 0.6 is 24.0 Å². The van der Waals surface area contributed by atoms with Crippen LogP contribution in [0, 0.1) is 6.92 Å². The molecule has 0 radical (unpaired) electrons. The fourth-order valence-corrected chi connectivity index (χ4v) is 2.05. The molecule has 3 aromatic rings. The number of aliphatic imine (C=N–C) groups is 1. The highest BCUT2D eigenvalue weighted by Gasteiger charge is 2.08. The van der Waals surface area contributed by atoms with E-state index in [1.807, 2.05) is 49.4 Å². The number of nitrogens with zero attached hydrogens (tertiary/aromatic N) is 4. The topological polar surface area (TPSA) is 102 Å². The van der Waals surface area contributed by atoms with Crippen LogP contribution < -0.4 is 11.1 Å². The van der Waals surface area contributed by atoms with Crippen molar-refractivity contribution in [3.8, 4) is 11.6 Å². The molecule has 0 bridgehead atoms. The standard InChI is InChI=1S/C17H18N6O.HI/c1-12-5-7-13(8-6-12)21-17(18)20-11-9-15-22-16(24-23-15)14-4-2-3-10-19-14;/h2-8,10H,9,11H2,1H3,(H3,18,20,21);1H. The molecule has 25 heavy (non-hydrogen) atoms. The summed E-state index contributed by atoms with van der Waals surface area (Å²) in [5, 5.41) is 6.97. The molecule has 8 heteroatoms. The Hall–Kier alpha value is -2.49. The molecule has 0 unspecified atom stereocenters. The van der Waals surface area contributed by atoms with E-state index in [1.165, 1.54) is 5.56 Å². The normalized spacial score (nSPS) is 11.0. The van der Waals surface area contributed by atoms with Crippen molar-refractivity contribution >= 4 is 35.6 Å². The lowest BCUT2D eigenvalue weighted by molar-refractivity contribution is 0.421. The first kappa shape index (κ1) is 18.8. The predicted octanol–water partition coefficient (Wildman–Crippen LogP) is 3.03. The number of halogens is 1. The van der Waals surface area contributed by atoms with Crippen LogP contribution in [-0.4, -0.2) is 27.6 Å². The van der Waals surface area contributed by atoms with E-state index in [0.29, 0.717) is 36.3 Å². The van der Waals surface area contributed by atoms with Gasteiger partial charge in [0.05, 0.1) is 0 Å². The number of anilines is 1. The number of aromatic nitrogens is 3. The van der Waals surface area contributed by atoms with Gasteiger partial charge in [-0.1, -0.05) is 28.9 Å². The van der Waals surface area contributed by atoms with Crippen molar-refractivity contribution in [3.05, 3.63) is 60.0 Å². The van der Waals surface area contributed by atoms with Crippen molar-refractivity contribution in [3.63, 3.8) is 0 Å². The van der Waals surface area contributed by atoms with E-state index < -0.39 is 0 Å². The Kier molecular flexibility index (Phi) is 6.87. The molecule has 0 atom stereocenters. The largest absolute Gasteiger partial charge is 0.370 e. The summed E-state index contributed by atoms with van der Waals surface area (Å²) in [7, 11) is 0. The van der Waals surface area contributed by atoms with Gasteiger partial charge in [-0.05, 0) is 31.2 Å². The third-order valence-electron chi connectivity index (χ3n) is 3.29. The summed E-state index contributed by atoms with van der Waals surface area (Å²) in [4.78, 5) is 12.7. The zero-order chi connectivity index (χ0) is 16.8. The van der Waals surface area contributed by atoms with E-state index in [1.54, 1.807) is 6.20 Å². The first-order valence-electron chi connectivity index (χ1n) is 7.58. The number of guanidine groups is 1. The first-order valence-corrected chi connectivity index (χ1v) is 7.58. The number of pyridine rings is 1. The van der Waals surface area contributed by atoms with Crippen molar-refractivity contribution in [1.82, 2.24) is 15.1 Å². The maximum Gasteiger partial charge on any atom is 0.276 e. The van der Waals surface area contributed by atoms with Crippen molar-refractivity contribution in [2.45, 2.75) is 13.3 Å². The fourth-order valence-electron chi connectivity index (χ4n) is 2.05. The molecule has 3 N–H and O–H groups in total. The number of hydrogen-bond donors (Lipinski definition) is 2. The van der Waals surface area contributed by atoms with Gasteiger partial charge in [0, 0.05) is 24.8 Å². The molecule has 130 valence electrons. The highest BCUT2D eigenvalue weighted by atomic mass is 127. The predicted molar refractivity (Wildman–Crippen MR) is 108 cm³/mol. The molecule has 0 saturated carbocycles. The van der Waals surface area contributed by atoms with E-state index in [4.69, 9.17) is 10.3 Å². The lowest BCUT2D eigenvalue weighted by Gasteiger charge is -2.05. The van der Waals surface area contributed by atoms with Crippen LogP contribution in [0.4, 0.5) is 5.69 Å². The van der Waals surface area contributed by atoms with Gasteiger partial charge in [0.2, 0.25) is 0 Å². The Morgan fingerprint density at radius 2 is 2.00 bits per heavy atom. The molecule has 0 saturated heterocycles. The summed E-state index contributed by atoms with van der Waals surface area (Å²) in [6.07, 6.45) is 2.22. The Labute approximate surface area is 162 Å². The second-order valence-corrected chi connectivity index (χ2v) is 5.24. The maximum atomic E-state index is 5.87. The molecule has 7 nitrogen and oxygen atoms in total. The van der Waals surface area contributed by atoms with Gasteiger partial charge in [0.15, 0.2) is 11.8 Å². The number of aryl methyl sites for hydroxylation is 1. The van der Waals surface area contributed by atoms with Crippen molar-refractivity contribution in [2.75, 3.05) is 11.9 Å². The molecule has 0 aliphatic rings. The van der Waals surface area contributed by atoms with Crippen molar-refractivity contribution < 1.29 is 4.52 Å². The van der Waals surface area contributed by atoms with Crippen LogP contribution in [-0.2, 0) is 6.42 Å². The minimum atomic E-state index is 0. The van der Waals surface area contributed by atoms with E-state index in [0.717, 1.165) is 5.69 Å². The van der Waals surface area contributed by atoms with Crippen LogP contribution in [0.15, 0.2) is 58.2 Å². The van der Waals surface area contributed by atoms with E-state index in [-0.39, 0.29) is 24.0 Å². The molecule has 0 aliphatic heterocycles. The van der Waals surface area contributed by atoms with E-state index in [9.17, 15) is 0 Å². The number of nitrogens with one attached hydrogen (secondary N) is 1. The minimum absolute atomic E-state index is 0. The second-order valence-electron chi connectivity index (χ2n) is 5.24. The smallest absolute Gasteiger partial charge is 0.276 e. The summed E-state index contributed by atoms with van der Waals surface area (Å²) in [6, 6.07) is 13.4. The molecular formula is C17H19IN6O. The minimum Gasteiger partial charge on any atom is -0.370 e. The van der Waals surface area contributed by atoms with E-state index >= 15 is 0 Å². The van der Waals surface area contributed by atoms with Gasteiger partial charge in [0.25, 0.3) is 5.89 Å². The summed E-state index contributed by atoms with van der Waals surface area (Å²) in [5.41, 5.74) is 8.62. The molecule has 0 amide bonds.